The molecule has 0 unspecified atom stereocenters. The Hall–Kier alpha value is -2.77. The third kappa shape index (κ3) is 3.43. The summed E-state index contributed by atoms with van der Waals surface area (Å²) in [4.78, 5) is 5.67. The number of aromatic nitrogens is 2. The molecule has 0 atom stereocenters. The summed E-state index contributed by atoms with van der Waals surface area (Å²) in [6.45, 7) is 16.3. The third-order valence-corrected chi connectivity index (χ3v) is 5.28. The van der Waals surface area contributed by atoms with Crippen molar-refractivity contribution < 1.29 is 0 Å². The predicted octanol–water partition coefficient (Wildman–Crippen LogP) is 6.37. The van der Waals surface area contributed by atoms with Crippen molar-refractivity contribution in [1.29, 1.82) is 0 Å². The van der Waals surface area contributed by atoms with E-state index in [1.165, 1.54) is 11.1 Å². The van der Waals surface area contributed by atoms with Crippen molar-refractivity contribution in [3.8, 4) is 11.1 Å². The Labute approximate surface area is 165 Å². The van der Waals surface area contributed by atoms with Gasteiger partial charge in [0, 0.05) is 41.2 Å². The lowest BCUT2D eigenvalue weighted by Crippen LogP contribution is -2.17. The zero-order valence-corrected chi connectivity index (χ0v) is 17.1. The highest BCUT2D eigenvalue weighted by Crippen LogP contribution is 2.37. The number of nitrogens with zero attached hydrogens (tertiary/aromatic N) is 4. The van der Waals surface area contributed by atoms with Crippen LogP contribution >= 0.6 is 11.6 Å². The van der Waals surface area contributed by atoms with Gasteiger partial charge < -0.3 is 4.90 Å². The van der Waals surface area contributed by atoms with Gasteiger partial charge in [-0.3, -0.25) is 4.68 Å². The van der Waals surface area contributed by atoms with Crippen molar-refractivity contribution in [3.63, 3.8) is 0 Å². The number of rotatable bonds is 4. The second-order valence-corrected chi connectivity index (χ2v) is 7.07. The molecule has 0 aliphatic heterocycles. The smallest absolute Gasteiger partial charge is 0.205 e. The summed E-state index contributed by atoms with van der Waals surface area (Å²) in [7, 11) is 1.97. The minimum atomic E-state index is 0.476. The summed E-state index contributed by atoms with van der Waals surface area (Å²) in [6, 6.07) is 12.1. The van der Waals surface area contributed by atoms with Crippen LogP contribution in [-0.2, 0) is 7.05 Å². The van der Waals surface area contributed by atoms with Crippen molar-refractivity contribution in [3.05, 3.63) is 69.8 Å². The summed E-state index contributed by atoms with van der Waals surface area (Å²) in [5.74, 6) is 0. The maximum absolute atomic E-state index is 7.19. The van der Waals surface area contributed by atoms with Crippen LogP contribution in [0.25, 0.3) is 16.0 Å². The van der Waals surface area contributed by atoms with E-state index >= 15 is 0 Å². The Balaban J connectivity index is 2.12. The predicted molar refractivity (Wildman–Crippen MR) is 113 cm³/mol. The normalized spacial score (nSPS) is 10.7. The molecular formula is C22H23ClN4. The average molecular weight is 379 g/mol. The van der Waals surface area contributed by atoms with Crippen molar-refractivity contribution in [1.82, 2.24) is 9.78 Å². The molecule has 4 nitrogen and oxygen atoms in total. The minimum Gasteiger partial charge on any atom is -0.342 e. The second-order valence-electron chi connectivity index (χ2n) is 6.66. The zero-order chi connectivity index (χ0) is 19.7. The van der Waals surface area contributed by atoms with Crippen molar-refractivity contribution in [2.24, 2.45) is 7.05 Å². The van der Waals surface area contributed by atoms with E-state index in [-0.39, 0.29) is 0 Å². The molecule has 5 heteroatoms. The van der Waals surface area contributed by atoms with E-state index in [4.69, 9.17) is 18.2 Å². The van der Waals surface area contributed by atoms with Crippen molar-refractivity contribution >= 4 is 28.7 Å². The number of aryl methyl sites for hydroxylation is 3. The maximum atomic E-state index is 7.19. The van der Waals surface area contributed by atoms with Gasteiger partial charge in [-0.2, -0.15) is 5.10 Å². The zero-order valence-electron chi connectivity index (χ0n) is 16.3. The standard InChI is InChI=1S/C22H23ClN4/c1-7-27(18-10-11-20(24-5)19(23)13-18)21-12-17(9-8-14(21)2)22-15(3)25-26(6)16(22)4/h8-13H,7H2,1-4,6H3. The topological polar surface area (TPSA) is 25.4 Å². The van der Waals surface area contributed by atoms with E-state index in [0.717, 1.165) is 34.9 Å². The molecule has 2 aromatic carbocycles. The number of benzene rings is 2. The van der Waals surface area contributed by atoms with Gasteiger partial charge in [-0.25, -0.2) is 4.85 Å². The summed E-state index contributed by atoms with van der Waals surface area (Å²) in [6.07, 6.45) is 0. The SMILES string of the molecule is [C-]#[N+]c1ccc(N(CC)c2cc(-c3c(C)nn(C)c3C)ccc2C)cc1Cl. The molecule has 0 amide bonds. The van der Waals surface area contributed by atoms with Gasteiger partial charge in [0.05, 0.1) is 12.3 Å². The van der Waals surface area contributed by atoms with Gasteiger partial charge in [-0.1, -0.05) is 29.8 Å². The molecule has 3 aromatic rings. The summed E-state index contributed by atoms with van der Waals surface area (Å²) in [5, 5.41) is 5.03. The first-order chi connectivity index (χ1) is 12.9. The molecule has 27 heavy (non-hydrogen) atoms. The lowest BCUT2D eigenvalue weighted by atomic mass is 10.0. The van der Waals surface area contributed by atoms with Crippen LogP contribution in [-0.4, -0.2) is 16.3 Å². The average Bonchev–Trinajstić information content (AvgIpc) is 2.89. The first kappa shape index (κ1) is 19.0. The molecule has 3 rings (SSSR count). The van der Waals surface area contributed by atoms with Crippen LogP contribution in [0.1, 0.15) is 23.9 Å². The van der Waals surface area contributed by atoms with Gasteiger partial charge in [0.25, 0.3) is 0 Å². The summed E-state index contributed by atoms with van der Waals surface area (Å²) >= 11 is 6.28. The monoisotopic (exact) mass is 378 g/mol. The van der Waals surface area contributed by atoms with Crippen molar-refractivity contribution in [2.45, 2.75) is 27.7 Å². The molecule has 0 spiro atoms. The Morgan fingerprint density at radius 3 is 2.44 bits per heavy atom. The number of halogens is 1. The number of hydrogen-bond donors (Lipinski definition) is 0. The first-order valence-corrected chi connectivity index (χ1v) is 9.31. The van der Waals surface area contributed by atoms with Gasteiger partial charge in [0.1, 0.15) is 0 Å². The molecule has 1 aromatic heterocycles. The van der Waals surface area contributed by atoms with Gasteiger partial charge in [0.15, 0.2) is 0 Å². The first-order valence-electron chi connectivity index (χ1n) is 8.93. The second kappa shape index (κ2) is 7.46. The molecule has 0 saturated heterocycles. The molecule has 0 aliphatic rings. The highest BCUT2D eigenvalue weighted by Gasteiger charge is 2.16. The lowest BCUT2D eigenvalue weighted by Gasteiger charge is -2.26. The quantitative estimate of drug-likeness (QED) is 0.492. The molecule has 0 bridgehead atoms. The fourth-order valence-corrected chi connectivity index (χ4v) is 3.71. The largest absolute Gasteiger partial charge is 0.342 e. The molecule has 1 heterocycles. The molecular weight excluding hydrogens is 356 g/mol. The Morgan fingerprint density at radius 2 is 1.89 bits per heavy atom. The highest BCUT2D eigenvalue weighted by molar-refractivity contribution is 6.33. The number of anilines is 2. The Morgan fingerprint density at radius 1 is 1.15 bits per heavy atom. The molecule has 0 N–H and O–H groups in total. The Kier molecular flexibility index (Phi) is 5.25. The van der Waals surface area contributed by atoms with E-state index in [0.29, 0.717) is 10.7 Å². The van der Waals surface area contributed by atoms with Crippen LogP contribution in [0.2, 0.25) is 5.02 Å². The van der Waals surface area contributed by atoms with E-state index in [1.807, 2.05) is 30.8 Å². The summed E-state index contributed by atoms with van der Waals surface area (Å²) in [5.41, 5.74) is 8.28. The Bertz CT molecular complexity index is 1040. The summed E-state index contributed by atoms with van der Waals surface area (Å²) < 4.78 is 1.92. The van der Waals surface area contributed by atoms with Crippen molar-refractivity contribution in [2.75, 3.05) is 11.4 Å². The van der Waals surface area contributed by atoms with Crippen LogP contribution in [0.4, 0.5) is 17.1 Å². The van der Waals surface area contributed by atoms with Crippen LogP contribution in [0, 0.1) is 27.3 Å². The van der Waals surface area contributed by atoms with Gasteiger partial charge >= 0.3 is 0 Å². The van der Waals surface area contributed by atoms with Gasteiger partial charge in [-0.15, -0.1) is 0 Å². The van der Waals surface area contributed by atoms with Gasteiger partial charge in [0.2, 0.25) is 5.69 Å². The van der Waals surface area contributed by atoms with Crippen LogP contribution < -0.4 is 4.90 Å². The van der Waals surface area contributed by atoms with Gasteiger partial charge in [-0.05, 0) is 57.0 Å². The molecule has 0 aliphatic carbocycles. The maximum Gasteiger partial charge on any atom is 0.205 e. The fraction of sp³-hybridized carbons (Fsp3) is 0.273. The fourth-order valence-electron chi connectivity index (χ4n) is 3.49. The van der Waals surface area contributed by atoms with Crippen LogP contribution in [0.5, 0.6) is 0 Å². The van der Waals surface area contributed by atoms with E-state index < -0.39 is 0 Å². The lowest BCUT2D eigenvalue weighted by molar-refractivity contribution is 0.731. The molecule has 0 radical (unpaired) electrons. The molecule has 0 saturated carbocycles. The third-order valence-electron chi connectivity index (χ3n) is 4.98. The van der Waals surface area contributed by atoms with E-state index in [1.54, 1.807) is 6.07 Å². The minimum absolute atomic E-state index is 0.476. The molecule has 0 fully saturated rings. The van der Waals surface area contributed by atoms with Crippen LogP contribution in [0.3, 0.4) is 0 Å². The highest BCUT2D eigenvalue weighted by atomic mass is 35.5. The molecule has 138 valence electrons. The van der Waals surface area contributed by atoms with E-state index in [9.17, 15) is 0 Å². The van der Waals surface area contributed by atoms with Crippen LogP contribution in [0.15, 0.2) is 36.4 Å². The number of hydrogen-bond acceptors (Lipinski definition) is 2. The van der Waals surface area contributed by atoms with E-state index in [2.05, 4.69) is 53.8 Å².